The van der Waals surface area contributed by atoms with Crippen LogP contribution in [0, 0.1) is 0 Å². The van der Waals surface area contributed by atoms with Gasteiger partial charge in [0.2, 0.25) is 7.44 Å². The molecule has 0 aliphatic heterocycles. The number of nitrogens with two attached hydrogens (primary N) is 1. The zero-order chi connectivity index (χ0) is 29.3. The number of carbonyl (C=O) groups excluding carboxylic acids is 1. The van der Waals surface area contributed by atoms with Crippen LogP contribution in [0.25, 0.3) is 11.2 Å². The average molecular weight is 584 g/mol. The molecule has 226 valence electrons. The van der Waals surface area contributed by atoms with Crippen molar-refractivity contribution in [1.82, 2.24) is 29.7 Å². The first-order valence-corrected chi connectivity index (χ1v) is 16.0. The Labute approximate surface area is 236 Å². The number of aliphatic hydroxyl groups excluding tert-OH is 1. The third kappa shape index (κ3) is 9.19. The molecule has 4 atom stereocenters. The van der Waals surface area contributed by atoms with E-state index in [0.29, 0.717) is 24.3 Å². The summed E-state index contributed by atoms with van der Waals surface area (Å²) in [6, 6.07) is -0.867. The molecule has 1 aliphatic carbocycles. The standard InChI is InChI=1S/C26H46N7O6P/c1-6-7-10-13-37-25(35)26(4,5)32-40(36,31-19(3)24(34)39-20-11-8-9-12-20)17-38-18(2)14-33-16-30-21-22(27)28-15-29-23(21)33/h15-16,18-20,25,35H,6-14,17H2,1-5H3,(H2,27,28,29)(H2,31,32,36)/t18-,19-,25?,40?/m1/s1. The van der Waals surface area contributed by atoms with E-state index in [-0.39, 0.29) is 18.3 Å². The van der Waals surface area contributed by atoms with Gasteiger partial charge in [0.05, 0.1) is 24.5 Å². The van der Waals surface area contributed by atoms with Crippen molar-refractivity contribution in [3.05, 3.63) is 12.7 Å². The van der Waals surface area contributed by atoms with Gasteiger partial charge in [-0.25, -0.2) is 25.1 Å². The van der Waals surface area contributed by atoms with Crippen molar-refractivity contribution >= 4 is 30.4 Å². The van der Waals surface area contributed by atoms with E-state index in [9.17, 15) is 14.5 Å². The van der Waals surface area contributed by atoms with Crippen LogP contribution in [0.15, 0.2) is 12.7 Å². The second-order valence-corrected chi connectivity index (χ2v) is 13.4. The summed E-state index contributed by atoms with van der Waals surface area (Å²) in [5, 5.41) is 16.7. The number of ether oxygens (including phenoxy) is 3. The molecule has 13 nitrogen and oxygen atoms in total. The molecular formula is C26H46N7O6P. The molecule has 3 rings (SSSR count). The predicted molar refractivity (Wildman–Crippen MR) is 152 cm³/mol. The molecule has 0 aromatic carbocycles. The van der Waals surface area contributed by atoms with E-state index in [1.165, 1.54) is 6.33 Å². The molecule has 5 N–H and O–H groups in total. The molecule has 40 heavy (non-hydrogen) atoms. The van der Waals surface area contributed by atoms with Crippen LogP contribution in [0.3, 0.4) is 0 Å². The predicted octanol–water partition coefficient (Wildman–Crippen LogP) is 3.32. The Kier molecular flexibility index (Phi) is 11.9. The number of aliphatic hydroxyl groups is 1. The molecule has 1 fully saturated rings. The molecule has 2 unspecified atom stereocenters. The Morgan fingerprint density at radius 2 is 1.95 bits per heavy atom. The maximum atomic E-state index is 14.2. The van der Waals surface area contributed by atoms with E-state index >= 15 is 0 Å². The number of nitrogen functional groups attached to an aromatic ring is 1. The minimum atomic E-state index is -3.63. The van der Waals surface area contributed by atoms with Gasteiger partial charge < -0.3 is 29.6 Å². The van der Waals surface area contributed by atoms with Crippen LogP contribution in [0.1, 0.15) is 79.6 Å². The zero-order valence-corrected chi connectivity index (χ0v) is 25.2. The highest BCUT2D eigenvalue weighted by atomic mass is 31.2. The summed E-state index contributed by atoms with van der Waals surface area (Å²) in [6.07, 6.45) is 7.50. The van der Waals surface area contributed by atoms with Crippen LogP contribution in [0.2, 0.25) is 0 Å². The fraction of sp³-hybridized carbons (Fsp3) is 0.769. The minimum Gasteiger partial charge on any atom is -0.461 e. The minimum absolute atomic E-state index is 0.113. The molecule has 0 bridgehead atoms. The number of aromatic nitrogens is 4. The first-order valence-electron chi connectivity index (χ1n) is 14.1. The molecule has 0 spiro atoms. The summed E-state index contributed by atoms with van der Waals surface area (Å²) < 4.78 is 33.3. The summed E-state index contributed by atoms with van der Waals surface area (Å²) >= 11 is 0. The molecular weight excluding hydrogens is 537 g/mol. The fourth-order valence-electron chi connectivity index (χ4n) is 4.61. The van der Waals surface area contributed by atoms with Gasteiger partial charge in [0.25, 0.3) is 0 Å². The lowest BCUT2D eigenvalue weighted by molar-refractivity contribution is -0.150. The Bertz CT molecular complexity index is 1140. The van der Waals surface area contributed by atoms with Crippen LogP contribution in [0.5, 0.6) is 0 Å². The Morgan fingerprint density at radius 1 is 1.23 bits per heavy atom. The summed E-state index contributed by atoms with van der Waals surface area (Å²) in [5.74, 6) is -0.190. The van der Waals surface area contributed by atoms with Gasteiger partial charge in [-0.1, -0.05) is 19.8 Å². The van der Waals surface area contributed by atoms with Crippen LogP contribution in [0.4, 0.5) is 5.82 Å². The molecule has 2 heterocycles. The highest BCUT2D eigenvalue weighted by Gasteiger charge is 2.39. The lowest BCUT2D eigenvalue weighted by Gasteiger charge is -2.36. The number of nitrogens with one attached hydrogen (secondary N) is 2. The van der Waals surface area contributed by atoms with E-state index in [4.69, 9.17) is 19.9 Å². The number of nitrogens with zero attached hydrogens (tertiary/aromatic N) is 4. The summed E-state index contributed by atoms with van der Waals surface area (Å²) in [7, 11) is -3.63. The van der Waals surface area contributed by atoms with Crippen LogP contribution < -0.4 is 15.9 Å². The lowest BCUT2D eigenvalue weighted by Crippen LogP contribution is -2.52. The van der Waals surface area contributed by atoms with Crippen molar-refractivity contribution in [2.24, 2.45) is 0 Å². The monoisotopic (exact) mass is 583 g/mol. The van der Waals surface area contributed by atoms with Gasteiger partial charge in [0.15, 0.2) is 17.8 Å². The highest BCUT2D eigenvalue weighted by molar-refractivity contribution is 7.59. The topological polar surface area (TPSA) is 176 Å². The van der Waals surface area contributed by atoms with Gasteiger partial charge in [-0.3, -0.25) is 9.36 Å². The Balaban J connectivity index is 1.68. The number of fused-ring (bicyclic) bond motifs is 1. The third-order valence-electron chi connectivity index (χ3n) is 6.87. The lowest BCUT2D eigenvalue weighted by atomic mass is 10.1. The molecule has 0 amide bonds. The third-order valence-corrected chi connectivity index (χ3v) is 9.13. The highest BCUT2D eigenvalue weighted by Crippen LogP contribution is 2.41. The quantitative estimate of drug-likeness (QED) is 0.0926. The molecule has 0 radical (unpaired) electrons. The molecule has 14 heteroatoms. The van der Waals surface area contributed by atoms with E-state index < -0.39 is 37.4 Å². The summed E-state index contributed by atoms with van der Waals surface area (Å²) in [6.45, 7) is 9.65. The number of hydrogen-bond donors (Lipinski definition) is 4. The van der Waals surface area contributed by atoms with Crippen molar-refractivity contribution in [2.75, 3.05) is 18.7 Å². The second kappa shape index (κ2) is 14.7. The number of carbonyl (C=O) groups is 1. The van der Waals surface area contributed by atoms with E-state index in [1.807, 2.05) is 6.92 Å². The van der Waals surface area contributed by atoms with Gasteiger partial charge >= 0.3 is 5.97 Å². The van der Waals surface area contributed by atoms with E-state index in [1.54, 1.807) is 31.7 Å². The van der Waals surface area contributed by atoms with Gasteiger partial charge in [-0.05, 0) is 59.8 Å². The first-order chi connectivity index (χ1) is 18.9. The molecule has 1 aliphatic rings. The van der Waals surface area contributed by atoms with Gasteiger partial charge in [-0.2, -0.15) is 0 Å². The van der Waals surface area contributed by atoms with Gasteiger partial charge in [0.1, 0.15) is 30.3 Å². The molecule has 0 saturated heterocycles. The van der Waals surface area contributed by atoms with Crippen molar-refractivity contribution < 1.29 is 28.7 Å². The number of hydrogen-bond acceptors (Lipinski definition) is 10. The van der Waals surface area contributed by atoms with E-state index in [2.05, 4.69) is 32.1 Å². The molecule has 2 aromatic rings. The smallest absolute Gasteiger partial charge is 0.323 e. The number of anilines is 1. The fourth-order valence-corrected chi connectivity index (χ4v) is 7.05. The van der Waals surface area contributed by atoms with Gasteiger partial charge in [-0.15, -0.1) is 0 Å². The van der Waals surface area contributed by atoms with E-state index in [0.717, 1.165) is 44.9 Å². The van der Waals surface area contributed by atoms with Crippen LogP contribution >= 0.6 is 7.44 Å². The Morgan fingerprint density at radius 3 is 2.65 bits per heavy atom. The van der Waals surface area contributed by atoms with Crippen molar-refractivity contribution in [3.63, 3.8) is 0 Å². The summed E-state index contributed by atoms with van der Waals surface area (Å²) in [5.41, 5.74) is 5.83. The van der Waals surface area contributed by atoms with Crippen LogP contribution in [-0.2, 0) is 30.1 Å². The molecule has 2 aromatic heterocycles. The van der Waals surface area contributed by atoms with Crippen molar-refractivity contribution in [3.8, 4) is 0 Å². The van der Waals surface area contributed by atoms with Crippen molar-refractivity contribution in [2.45, 2.75) is 116 Å². The maximum Gasteiger partial charge on any atom is 0.323 e. The second-order valence-electron chi connectivity index (χ2n) is 11.1. The number of imidazole rings is 1. The van der Waals surface area contributed by atoms with Gasteiger partial charge in [0, 0.05) is 6.61 Å². The zero-order valence-electron chi connectivity index (χ0n) is 24.3. The average Bonchev–Trinajstić information content (AvgIpc) is 3.56. The Hall–Kier alpha value is -2.15. The number of unbranched alkanes of at least 4 members (excludes halogenated alkanes) is 2. The maximum absolute atomic E-state index is 14.2. The largest absolute Gasteiger partial charge is 0.461 e. The number of rotatable bonds is 17. The molecule has 1 saturated carbocycles. The van der Waals surface area contributed by atoms with Crippen LogP contribution in [-0.4, -0.2) is 73.6 Å². The number of esters is 1. The first kappa shape index (κ1) is 32.4. The summed E-state index contributed by atoms with van der Waals surface area (Å²) in [4.78, 5) is 25.3. The normalized spacial score (nSPS) is 18.4. The van der Waals surface area contributed by atoms with Crippen molar-refractivity contribution in [1.29, 1.82) is 0 Å². The SMILES string of the molecule is CCCCCOC(O)C(C)(C)NP(=O)(CO[C@H](C)Cn1cnc2c(N)ncnc21)N[C@H](C)C(=O)OC1CCCC1.